The van der Waals surface area contributed by atoms with Gasteiger partial charge in [0.25, 0.3) is 0 Å². The summed E-state index contributed by atoms with van der Waals surface area (Å²) in [6.45, 7) is 4.22. The molecule has 2 aromatic heterocycles. The fraction of sp³-hybridized carbons (Fsp3) is 0.467. The SMILES string of the molecule is CCC(Nc1ccc(-n2ccnc2C)nc1)C1CC1. The highest BCUT2D eigenvalue weighted by Crippen LogP contribution is 2.35. The van der Waals surface area contributed by atoms with E-state index < -0.39 is 0 Å². The Morgan fingerprint density at radius 3 is 2.74 bits per heavy atom. The minimum Gasteiger partial charge on any atom is -0.381 e. The van der Waals surface area contributed by atoms with Crippen LogP contribution in [0.4, 0.5) is 5.69 Å². The number of anilines is 1. The second-order valence-electron chi connectivity index (χ2n) is 5.25. The highest BCUT2D eigenvalue weighted by atomic mass is 15.1. The molecule has 0 amide bonds. The predicted molar refractivity (Wildman–Crippen MR) is 76.5 cm³/mol. The van der Waals surface area contributed by atoms with Crippen molar-refractivity contribution in [3.05, 3.63) is 36.5 Å². The summed E-state index contributed by atoms with van der Waals surface area (Å²) in [6, 6.07) is 4.74. The zero-order valence-corrected chi connectivity index (χ0v) is 11.5. The molecule has 4 heteroatoms. The van der Waals surface area contributed by atoms with Crippen molar-refractivity contribution >= 4 is 5.69 Å². The van der Waals surface area contributed by atoms with E-state index in [0.29, 0.717) is 6.04 Å². The van der Waals surface area contributed by atoms with Crippen LogP contribution in [0.15, 0.2) is 30.7 Å². The summed E-state index contributed by atoms with van der Waals surface area (Å²) in [5.41, 5.74) is 1.11. The van der Waals surface area contributed by atoms with E-state index in [9.17, 15) is 0 Å². The zero-order valence-electron chi connectivity index (χ0n) is 11.5. The van der Waals surface area contributed by atoms with Gasteiger partial charge in [-0.1, -0.05) is 6.92 Å². The number of pyridine rings is 1. The first-order valence-corrected chi connectivity index (χ1v) is 7.01. The van der Waals surface area contributed by atoms with E-state index in [2.05, 4.69) is 28.3 Å². The highest BCUT2D eigenvalue weighted by molar-refractivity contribution is 5.45. The van der Waals surface area contributed by atoms with Gasteiger partial charge in [0.1, 0.15) is 11.6 Å². The molecule has 1 saturated carbocycles. The third-order valence-electron chi connectivity index (χ3n) is 3.80. The smallest absolute Gasteiger partial charge is 0.138 e. The lowest BCUT2D eigenvalue weighted by atomic mass is 10.1. The van der Waals surface area contributed by atoms with Gasteiger partial charge in [0.05, 0.1) is 11.9 Å². The van der Waals surface area contributed by atoms with Crippen LogP contribution in [-0.2, 0) is 0 Å². The number of aryl methyl sites for hydroxylation is 1. The molecule has 1 aliphatic rings. The van der Waals surface area contributed by atoms with Crippen LogP contribution in [0.5, 0.6) is 0 Å². The number of hydrogen-bond donors (Lipinski definition) is 1. The lowest BCUT2D eigenvalue weighted by Crippen LogP contribution is -2.20. The Bertz CT molecular complexity index is 540. The van der Waals surface area contributed by atoms with Gasteiger partial charge in [-0.05, 0) is 44.2 Å². The Labute approximate surface area is 113 Å². The van der Waals surface area contributed by atoms with E-state index >= 15 is 0 Å². The van der Waals surface area contributed by atoms with E-state index in [4.69, 9.17) is 0 Å². The second-order valence-corrected chi connectivity index (χ2v) is 5.25. The minimum atomic E-state index is 0.600. The van der Waals surface area contributed by atoms with Gasteiger partial charge in [0.2, 0.25) is 0 Å². The third kappa shape index (κ3) is 2.62. The first-order chi connectivity index (χ1) is 9.28. The van der Waals surface area contributed by atoms with Crippen LogP contribution >= 0.6 is 0 Å². The number of hydrogen-bond acceptors (Lipinski definition) is 3. The van der Waals surface area contributed by atoms with Crippen molar-refractivity contribution in [1.82, 2.24) is 14.5 Å². The topological polar surface area (TPSA) is 42.7 Å². The van der Waals surface area contributed by atoms with Crippen molar-refractivity contribution in [2.75, 3.05) is 5.32 Å². The lowest BCUT2D eigenvalue weighted by molar-refractivity contribution is 0.616. The fourth-order valence-electron chi connectivity index (χ4n) is 2.50. The maximum Gasteiger partial charge on any atom is 0.138 e. The molecular weight excluding hydrogens is 236 g/mol. The van der Waals surface area contributed by atoms with Crippen molar-refractivity contribution in [1.29, 1.82) is 0 Å². The Hall–Kier alpha value is -1.84. The summed E-state index contributed by atoms with van der Waals surface area (Å²) in [5.74, 6) is 2.73. The van der Waals surface area contributed by atoms with Gasteiger partial charge in [0.15, 0.2) is 0 Å². The molecule has 2 heterocycles. The average molecular weight is 256 g/mol. The molecule has 100 valence electrons. The number of nitrogens with zero attached hydrogens (tertiary/aromatic N) is 3. The van der Waals surface area contributed by atoms with Crippen LogP contribution in [0.1, 0.15) is 32.0 Å². The number of nitrogens with one attached hydrogen (secondary N) is 1. The molecule has 0 aromatic carbocycles. The molecule has 1 aliphatic carbocycles. The molecule has 1 unspecified atom stereocenters. The van der Waals surface area contributed by atoms with Crippen LogP contribution in [-0.4, -0.2) is 20.6 Å². The maximum absolute atomic E-state index is 4.51. The number of aromatic nitrogens is 3. The van der Waals surface area contributed by atoms with Crippen LogP contribution in [0, 0.1) is 12.8 Å². The molecule has 3 rings (SSSR count). The van der Waals surface area contributed by atoms with Crippen molar-refractivity contribution < 1.29 is 0 Å². The molecule has 0 saturated heterocycles. The Morgan fingerprint density at radius 1 is 1.37 bits per heavy atom. The molecule has 0 spiro atoms. The monoisotopic (exact) mass is 256 g/mol. The zero-order chi connectivity index (χ0) is 13.2. The summed E-state index contributed by atoms with van der Waals surface area (Å²) in [4.78, 5) is 8.73. The summed E-state index contributed by atoms with van der Waals surface area (Å²) in [5, 5.41) is 3.59. The van der Waals surface area contributed by atoms with Crippen LogP contribution in [0.2, 0.25) is 0 Å². The van der Waals surface area contributed by atoms with Gasteiger partial charge in [-0.2, -0.15) is 0 Å². The van der Waals surface area contributed by atoms with Crippen molar-refractivity contribution in [2.24, 2.45) is 5.92 Å². The van der Waals surface area contributed by atoms with E-state index in [1.54, 1.807) is 6.20 Å². The van der Waals surface area contributed by atoms with Crippen molar-refractivity contribution in [3.8, 4) is 5.82 Å². The molecule has 2 aromatic rings. The summed E-state index contributed by atoms with van der Waals surface area (Å²) in [6.07, 6.45) is 9.55. The highest BCUT2D eigenvalue weighted by Gasteiger charge is 2.29. The third-order valence-corrected chi connectivity index (χ3v) is 3.80. The van der Waals surface area contributed by atoms with Crippen LogP contribution in [0.25, 0.3) is 5.82 Å². The normalized spacial score (nSPS) is 16.3. The largest absolute Gasteiger partial charge is 0.381 e. The van der Waals surface area contributed by atoms with E-state index in [0.717, 1.165) is 23.2 Å². The van der Waals surface area contributed by atoms with E-state index in [1.165, 1.54) is 19.3 Å². The molecule has 0 radical (unpaired) electrons. The lowest BCUT2D eigenvalue weighted by Gasteiger charge is -2.17. The van der Waals surface area contributed by atoms with Crippen molar-refractivity contribution in [2.45, 2.75) is 39.2 Å². The van der Waals surface area contributed by atoms with Gasteiger partial charge in [0, 0.05) is 18.4 Å². The second kappa shape index (κ2) is 5.03. The Morgan fingerprint density at radius 2 is 2.21 bits per heavy atom. The maximum atomic E-state index is 4.51. The van der Waals surface area contributed by atoms with E-state index in [1.807, 2.05) is 30.0 Å². The van der Waals surface area contributed by atoms with Gasteiger partial charge in [-0.15, -0.1) is 0 Å². The molecular formula is C15H20N4. The number of imidazole rings is 1. The number of rotatable bonds is 5. The fourth-order valence-corrected chi connectivity index (χ4v) is 2.50. The Kier molecular flexibility index (Phi) is 3.23. The minimum absolute atomic E-state index is 0.600. The first kappa shape index (κ1) is 12.2. The molecule has 1 atom stereocenters. The summed E-state index contributed by atoms with van der Waals surface area (Å²) >= 11 is 0. The molecule has 0 aliphatic heterocycles. The van der Waals surface area contributed by atoms with Crippen molar-refractivity contribution in [3.63, 3.8) is 0 Å². The molecule has 1 N–H and O–H groups in total. The summed E-state index contributed by atoms with van der Waals surface area (Å²) < 4.78 is 1.99. The van der Waals surface area contributed by atoms with Crippen LogP contribution < -0.4 is 5.32 Å². The quantitative estimate of drug-likeness (QED) is 0.893. The van der Waals surface area contributed by atoms with Gasteiger partial charge in [-0.25, -0.2) is 9.97 Å². The molecule has 1 fully saturated rings. The standard InChI is InChI=1S/C15H20N4/c1-3-14(12-4-5-12)18-13-6-7-15(17-10-13)19-9-8-16-11(19)2/h6-10,12,14,18H,3-5H2,1-2H3. The van der Waals surface area contributed by atoms with Crippen LogP contribution in [0.3, 0.4) is 0 Å². The summed E-state index contributed by atoms with van der Waals surface area (Å²) in [7, 11) is 0. The first-order valence-electron chi connectivity index (χ1n) is 7.01. The van der Waals surface area contributed by atoms with Gasteiger partial charge >= 0.3 is 0 Å². The average Bonchev–Trinajstić information content (AvgIpc) is 3.19. The molecule has 19 heavy (non-hydrogen) atoms. The Balaban J connectivity index is 1.73. The van der Waals surface area contributed by atoms with Gasteiger partial charge < -0.3 is 5.32 Å². The molecule has 0 bridgehead atoms. The van der Waals surface area contributed by atoms with E-state index in [-0.39, 0.29) is 0 Å². The predicted octanol–water partition coefficient (Wildman–Crippen LogP) is 3.18. The molecule has 4 nitrogen and oxygen atoms in total. The van der Waals surface area contributed by atoms with Gasteiger partial charge in [-0.3, -0.25) is 4.57 Å².